The first-order valence-electron chi connectivity index (χ1n) is 8.76. The second kappa shape index (κ2) is 8.75. The van der Waals surface area contributed by atoms with Crippen molar-refractivity contribution in [2.24, 2.45) is 0 Å². The van der Waals surface area contributed by atoms with E-state index in [0.29, 0.717) is 17.1 Å². The van der Waals surface area contributed by atoms with E-state index >= 15 is 0 Å². The van der Waals surface area contributed by atoms with Crippen molar-refractivity contribution >= 4 is 35.0 Å². The van der Waals surface area contributed by atoms with Crippen molar-refractivity contribution in [2.45, 2.75) is 26.0 Å². The van der Waals surface area contributed by atoms with Crippen molar-refractivity contribution in [1.82, 2.24) is 4.90 Å². The topological polar surface area (TPSA) is 83.9 Å². The molecule has 3 rings (SSSR count). The molecule has 1 aliphatic heterocycles. The van der Waals surface area contributed by atoms with E-state index in [9.17, 15) is 14.4 Å². The molecule has 1 atom stereocenters. The quantitative estimate of drug-likeness (QED) is 0.706. The third-order valence-corrected chi connectivity index (χ3v) is 5.07. The standard InChI is InChI=1S/C21H19NO5S/c1-2-17(20(24)25)27-16-10-8-14(9-11-16)12-18-19(23)22(21(26)28-18)13-15-6-4-3-5-7-15/h3-12,17H,2,13H2,1H3,(H,24,25)/b18-12+. The van der Waals surface area contributed by atoms with Gasteiger partial charge in [-0.1, -0.05) is 49.4 Å². The summed E-state index contributed by atoms with van der Waals surface area (Å²) in [4.78, 5) is 37.4. The Morgan fingerprint density at radius 1 is 1.14 bits per heavy atom. The van der Waals surface area contributed by atoms with Crippen molar-refractivity contribution in [3.63, 3.8) is 0 Å². The van der Waals surface area contributed by atoms with Crippen LogP contribution in [0.15, 0.2) is 59.5 Å². The number of carboxylic acid groups (broad SMARTS) is 1. The van der Waals surface area contributed by atoms with Crippen LogP contribution in [0.4, 0.5) is 4.79 Å². The average molecular weight is 397 g/mol. The highest BCUT2D eigenvalue weighted by atomic mass is 32.2. The van der Waals surface area contributed by atoms with E-state index in [1.165, 1.54) is 4.90 Å². The summed E-state index contributed by atoms with van der Waals surface area (Å²) in [6.45, 7) is 1.97. The molecule has 0 spiro atoms. The van der Waals surface area contributed by atoms with Gasteiger partial charge in [0.1, 0.15) is 5.75 Å². The van der Waals surface area contributed by atoms with Crippen molar-refractivity contribution < 1.29 is 24.2 Å². The van der Waals surface area contributed by atoms with E-state index in [0.717, 1.165) is 22.9 Å². The molecule has 1 fully saturated rings. The summed E-state index contributed by atoms with van der Waals surface area (Å²) < 4.78 is 5.42. The molecule has 0 aromatic heterocycles. The van der Waals surface area contributed by atoms with Gasteiger partial charge >= 0.3 is 5.97 Å². The van der Waals surface area contributed by atoms with Crippen LogP contribution in [0.5, 0.6) is 5.75 Å². The van der Waals surface area contributed by atoms with Gasteiger partial charge in [-0.05, 0) is 47.5 Å². The van der Waals surface area contributed by atoms with Crippen molar-refractivity contribution in [3.8, 4) is 5.75 Å². The van der Waals surface area contributed by atoms with Crippen molar-refractivity contribution in [1.29, 1.82) is 0 Å². The highest BCUT2D eigenvalue weighted by Gasteiger charge is 2.34. The van der Waals surface area contributed by atoms with E-state index in [2.05, 4.69) is 0 Å². The Labute approximate surface area is 166 Å². The number of imide groups is 1. The summed E-state index contributed by atoms with van der Waals surface area (Å²) in [7, 11) is 0. The van der Waals surface area contributed by atoms with Crippen LogP contribution in [0.2, 0.25) is 0 Å². The molecular formula is C21H19NO5S. The lowest BCUT2D eigenvalue weighted by Gasteiger charge is -2.13. The number of ether oxygens (including phenoxy) is 1. The van der Waals surface area contributed by atoms with Gasteiger partial charge in [-0.15, -0.1) is 0 Å². The minimum atomic E-state index is -1.02. The number of benzene rings is 2. The van der Waals surface area contributed by atoms with Gasteiger partial charge in [0.25, 0.3) is 11.1 Å². The maximum Gasteiger partial charge on any atom is 0.344 e. The van der Waals surface area contributed by atoms with Crippen LogP contribution in [0.1, 0.15) is 24.5 Å². The molecule has 0 aliphatic carbocycles. The van der Waals surface area contributed by atoms with E-state index < -0.39 is 12.1 Å². The average Bonchev–Trinajstić information content (AvgIpc) is 2.95. The summed E-state index contributed by atoms with van der Waals surface area (Å²) >= 11 is 0.908. The number of hydrogen-bond acceptors (Lipinski definition) is 5. The zero-order valence-electron chi connectivity index (χ0n) is 15.2. The highest BCUT2D eigenvalue weighted by molar-refractivity contribution is 8.18. The predicted octanol–water partition coefficient (Wildman–Crippen LogP) is 4.17. The Balaban J connectivity index is 1.70. The molecule has 1 heterocycles. The maximum atomic E-state index is 12.6. The molecule has 1 aliphatic rings. The van der Waals surface area contributed by atoms with Gasteiger partial charge in [0.2, 0.25) is 0 Å². The molecule has 1 saturated heterocycles. The smallest absolute Gasteiger partial charge is 0.344 e. The largest absolute Gasteiger partial charge is 0.479 e. The molecule has 2 aromatic carbocycles. The molecule has 7 heteroatoms. The summed E-state index contributed by atoms with van der Waals surface area (Å²) in [6.07, 6.45) is 1.10. The van der Waals surface area contributed by atoms with Gasteiger partial charge in [-0.2, -0.15) is 0 Å². The number of rotatable bonds is 7. The molecular weight excluding hydrogens is 378 g/mol. The fourth-order valence-corrected chi connectivity index (χ4v) is 3.51. The van der Waals surface area contributed by atoms with Crippen LogP contribution in [-0.2, 0) is 16.1 Å². The molecule has 0 radical (unpaired) electrons. The summed E-state index contributed by atoms with van der Waals surface area (Å²) in [5, 5.41) is 8.75. The Morgan fingerprint density at radius 3 is 2.43 bits per heavy atom. The predicted molar refractivity (Wildman–Crippen MR) is 107 cm³/mol. The maximum absolute atomic E-state index is 12.6. The van der Waals surface area contributed by atoms with Crippen LogP contribution >= 0.6 is 11.8 Å². The first-order valence-corrected chi connectivity index (χ1v) is 9.58. The van der Waals surface area contributed by atoms with Crippen molar-refractivity contribution in [3.05, 3.63) is 70.6 Å². The van der Waals surface area contributed by atoms with E-state index in [1.807, 2.05) is 30.3 Å². The van der Waals surface area contributed by atoms with Gasteiger partial charge in [0.05, 0.1) is 11.4 Å². The number of thioether (sulfide) groups is 1. The first kappa shape index (κ1) is 19.7. The summed E-state index contributed by atoms with van der Waals surface area (Å²) in [5.41, 5.74) is 1.61. The molecule has 0 saturated carbocycles. The second-order valence-electron chi connectivity index (χ2n) is 6.18. The lowest BCUT2D eigenvalue weighted by molar-refractivity contribution is -0.145. The Bertz CT molecular complexity index is 908. The van der Waals surface area contributed by atoms with Crippen LogP contribution in [0.25, 0.3) is 6.08 Å². The van der Waals surface area contributed by atoms with Gasteiger partial charge < -0.3 is 9.84 Å². The molecule has 1 unspecified atom stereocenters. The van der Waals surface area contributed by atoms with E-state index in [1.54, 1.807) is 37.3 Å². The van der Waals surface area contributed by atoms with Gasteiger partial charge in [-0.25, -0.2) is 4.79 Å². The molecule has 144 valence electrons. The molecule has 2 amide bonds. The molecule has 2 aromatic rings. The third kappa shape index (κ3) is 4.61. The fraction of sp³-hybridized carbons (Fsp3) is 0.190. The number of hydrogen-bond donors (Lipinski definition) is 1. The number of aliphatic carboxylic acids is 1. The Hall–Kier alpha value is -3.06. The summed E-state index contributed by atoms with van der Waals surface area (Å²) in [5.74, 6) is -0.904. The third-order valence-electron chi connectivity index (χ3n) is 4.16. The van der Waals surface area contributed by atoms with Crippen LogP contribution in [0.3, 0.4) is 0 Å². The van der Waals surface area contributed by atoms with Gasteiger partial charge in [-0.3, -0.25) is 14.5 Å². The normalized spacial score (nSPS) is 16.5. The first-order chi connectivity index (χ1) is 13.5. The lowest BCUT2D eigenvalue weighted by atomic mass is 10.2. The zero-order valence-corrected chi connectivity index (χ0v) is 16.0. The lowest BCUT2D eigenvalue weighted by Crippen LogP contribution is -2.27. The van der Waals surface area contributed by atoms with Gasteiger partial charge in [0.15, 0.2) is 6.10 Å². The number of nitrogens with zero attached hydrogens (tertiary/aromatic N) is 1. The minimum Gasteiger partial charge on any atom is -0.479 e. The number of carbonyl (C=O) groups is 3. The van der Waals surface area contributed by atoms with Crippen molar-refractivity contribution in [2.75, 3.05) is 0 Å². The van der Waals surface area contributed by atoms with Crippen LogP contribution < -0.4 is 4.74 Å². The van der Waals surface area contributed by atoms with Crippen LogP contribution in [0, 0.1) is 0 Å². The van der Waals surface area contributed by atoms with Crippen LogP contribution in [-0.4, -0.2) is 33.2 Å². The van der Waals surface area contributed by atoms with E-state index in [4.69, 9.17) is 9.84 Å². The van der Waals surface area contributed by atoms with Gasteiger partial charge in [0, 0.05) is 0 Å². The number of carboxylic acids is 1. The number of carbonyl (C=O) groups excluding carboxylic acids is 2. The van der Waals surface area contributed by atoms with E-state index in [-0.39, 0.29) is 17.7 Å². The number of amides is 2. The zero-order chi connectivity index (χ0) is 20.1. The fourth-order valence-electron chi connectivity index (χ4n) is 2.67. The highest BCUT2D eigenvalue weighted by Crippen LogP contribution is 2.33. The monoisotopic (exact) mass is 397 g/mol. The molecule has 28 heavy (non-hydrogen) atoms. The Morgan fingerprint density at radius 2 is 1.82 bits per heavy atom. The Kier molecular flexibility index (Phi) is 6.16. The summed E-state index contributed by atoms with van der Waals surface area (Å²) in [6, 6.07) is 16.1. The molecule has 6 nitrogen and oxygen atoms in total. The SMILES string of the molecule is CCC(Oc1ccc(/C=C2/SC(=O)N(Cc3ccccc3)C2=O)cc1)C(=O)O. The minimum absolute atomic E-state index is 0.239. The molecule has 1 N–H and O–H groups in total. The molecule has 0 bridgehead atoms. The second-order valence-corrected chi connectivity index (χ2v) is 7.17.